The Morgan fingerprint density at radius 1 is 1.00 bits per heavy atom. The minimum atomic E-state index is 0.0963. The van der Waals surface area contributed by atoms with Crippen molar-refractivity contribution in [2.24, 2.45) is 5.92 Å². The number of hydrogen-bond acceptors (Lipinski definition) is 4. The summed E-state index contributed by atoms with van der Waals surface area (Å²) in [6.07, 6.45) is 8.76. The Balaban J connectivity index is 1.46. The van der Waals surface area contributed by atoms with E-state index in [0.717, 1.165) is 68.9 Å². The molecule has 2 aliphatic heterocycles. The van der Waals surface area contributed by atoms with E-state index in [9.17, 15) is 4.79 Å². The lowest BCUT2D eigenvalue weighted by atomic mass is 9.94. The molecule has 1 saturated heterocycles. The second kappa shape index (κ2) is 7.67. The first-order chi connectivity index (χ1) is 13.1. The summed E-state index contributed by atoms with van der Waals surface area (Å²) in [5.74, 6) is 1.17. The highest BCUT2D eigenvalue weighted by atomic mass is 16.2. The van der Waals surface area contributed by atoms with Crippen LogP contribution in [-0.2, 0) is 11.2 Å². The van der Waals surface area contributed by atoms with Gasteiger partial charge in [0.05, 0.1) is 0 Å². The lowest BCUT2D eigenvalue weighted by molar-refractivity contribution is -0.123. The fourth-order valence-electron chi connectivity index (χ4n) is 4.21. The van der Waals surface area contributed by atoms with Gasteiger partial charge in [-0.15, -0.1) is 0 Å². The summed E-state index contributed by atoms with van der Waals surface area (Å²) >= 11 is 0. The molecule has 142 valence electrons. The molecule has 4 rings (SSSR count). The Bertz CT molecular complexity index is 810. The predicted octanol–water partition coefficient (Wildman–Crippen LogP) is 3.68. The van der Waals surface area contributed by atoms with Crippen LogP contribution in [0.2, 0.25) is 0 Å². The fraction of sp³-hybridized carbons (Fsp3) is 0.500. The first-order valence-electron chi connectivity index (χ1n) is 10.1. The number of carbonyl (C=O) groups excluding carboxylic acids is 1. The van der Waals surface area contributed by atoms with Crippen molar-refractivity contribution in [2.45, 2.75) is 46.0 Å². The highest BCUT2D eigenvalue weighted by Gasteiger charge is 2.31. The van der Waals surface area contributed by atoms with Crippen LogP contribution >= 0.6 is 0 Å². The monoisotopic (exact) mass is 364 g/mol. The Morgan fingerprint density at radius 3 is 2.48 bits per heavy atom. The average molecular weight is 364 g/mol. The van der Waals surface area contributed by atoms with Gasteiger partial charge in [0.25, 0.3) is 0 Å². The molecule has 2 aliphatic rings. The number of carbonyl (C=O) groups is 1. The minimum absolute atomic E-state index is 0.0963. The van der Waals surface area contributed by atoms with E-state index in [1.54, 1.807) is 0 Å². The van der Waals surface area contributed by atoms with Gasteiger partial charge in [0.1, 0.15) is 0 Å². The lowest BCUT2D eigenvalue weighted by Crippen LogP contribution is -2.43. The Hall–Kier alpha value is -2.43. The van der Waals surface area contributed by atoms with E-state index in [1.807, 2.05) is 19.3 Å². The van der Waals surface area contributed by atoms with Crippen molar-refractivity contribution in [3.05, 3.63) is 47.3 Å². The number of amides is 1. The Kier molecular flexibility index (Phi) is 5.10. The summed E-state index contributed by atoms with van der Waals surface area (Å²) in [6, 6.07) is 6.52. The minimum Gasteiger partial charge on any atom is -0.341 e. The molecule has 5 heteroatoms. The molecular weight excluding hydrogens is 336 g/mol. The van der Waals surface area contributed by atoms with Crippen LogP contribution in [0.3, 0.4) is 0 Å². The maximum Gasteiger partial charge on any atom is 0.230 e. The van der Waals surface area contributed by atoms with Gasteiger partial charge in [0.2, 0.25) is 11.9 Å². The number of fused-ring (bicyclic) bond motifs is 1. The van der Waals surface area contributed by atoms with E-state index in [1.165, 1.54) is 11.1 Å². The first-order valence-corrected chi connectivity index (χ1v) is 10.1. The third-order valence-electron chi connectivity index (χ3n) is 5.76. The molecule has 0 unspecified atom stereocenters. The van der Waals surface area contributed by atoms with E-state index in [4.69, 9.17) is 0 Å². The quantitative estimate of drug-likeness (QED) is 0.816. The highest BCUT2D eigenvalue weighted by molar-refractivity contribution is 5.96. The maximum absolute atomic E-state index is 13.3. The zero-order chi connectivity index (χ0) is 18.8. The summed E-state index contributed by atoms with van der Waals surface area (Å²) in [4.78, 5) is 26.4. The number of benzene rings is 1. The smallest absolute Gasteiger partial charge is 0.230 e. The van der Waals surface area contributed by atoms with Crippen molar-refractivity contribution < 1.29 is 4.79 Å². The summed E-state index contributed by atoms with van der Waals surface area (Å²) in [5.41, 5.74) is 4.80. The van der Waals surface area contributed by atoms with Crippen molar-refractivity contribution in [1.29, 1.82) is 0 Å². The zero-order valence-electron chi connectivity index (χ0n) is 16.3. The van der Waals surface area contributed by atoms with Crippen molar-refractivity contribution in [3.63, 3.8) is 0 Å². The number of hydrogen-bond donors (Lipinski definition) is 0. The van der Waals surface area contributed by atoms with E-state index in [0.29, 0.717) is 5.91 Å². The number of aryl methyl sites for hydroxylation is 3. The maximum atomic E-state index is 13.3. The average Bonchev–Trinajstić information content (AvgIpc) is 2.90. The standard InChI is InChI=1S/C22H28N4O/c1-16-6-7-20-19(13-16)5-3-4-10-26(20)21(27)18-8-11-25(12-9-18)22-23-14-17(2)15-24-22/h6-7,13-15,18H,3-5,8-12H2,1-2H3. The summed E-state index contributed by atoms with van der Waals surface area (Å²) in [5, 5.41) is 0. The third-order valence-corrected chi connectivity index (χ3v) is 5.76. The molecule has 1 amide bonds. The van der Waals surface area contributed by atoms with Crippen LogP contribution in [0.5, 0.6) is 0 Å². The second-order valence-electron chi connectivity index (χ2n) is 7.90. The van der Waals surface area contributed by atoms with Crippen LogP contribution < -0.4 is 9.80 Å². The van der Waals surface area contributed by atoms with Gasteiger partial charge in [-0.1, -0.05) is 17.7 Å². The van der Waals surface area contributed by atoms with Gasteiger partial charge in [-0.25, -0.2) is 9.97 Å². The molecule has 0 spiro atoms. The van der Waals surface area contributed by atoms with Crippen LogP contribution in [-0.4, -0.2) is 35.5 Å². The van der Waals surface area contributed by atoms with Crippen LogP contribution in [0.25, 0.3) is 0 Å². The van der Waals surface area contributed by atoms with Crippen LogP contribution in [0.15, 0.2) is 30.6 Å². The molecule has 0 bridgehead atoms. The van der Waals surface area contributed by atoms with Gasteiger partial charge in [-0.2, -0.15) is 0 Å². The Morgan fingerprint density at radius 2 is 1.74 bits per heavy atom. The number of aromatic nitrogens is 2. The van der Waals surface area contributed by atoms with E-state index in [-0.39, 0.29) is 5.92 Å². The van der Waals surface area contributed by atoms with Crippen LogP contribution in [0.4, 0.5) is 11.6 Å². The summed E-state index contributed by atoms with van der Waals surface area (Å²) in [7, 11) is 0. The molecule has 3 heterocycles. The zero-order valence-corrected chi connectivity index (χ0v) is 16.3. The molecule has 27 heavy (non-hydrogen) atoms. The van der Waals surface area contributed by atoms with Gasteiger partial charge >= 0.3 is 0 Å². The first kappa shape index (κ1) is 18.0. The molecule has 0 atom stereocenters. The van der Waals surface area contributed by atoms with Crippen molar-refractivity contribution in [3.8, 4) is 0 Å². The summed E-state index contributed by atoms with van der Waals surface area (Å²) in [6.45, 7) is 6.65. The van der Waals surface area contributed by atoms with E-state index in [2.05, 4.69) is 44.9 Å². The molecule has 0 saturated carbocycles. The third kappa shape index (κ3) is 3.82. The molecular formula is C22H28N4O. The van der Waals surface area contributed by atoms with Gasteiger partial charge < -0.3 is 9.80 Å². The molecule has 1 fully saturated rings. The van der Waals surface area contributed by atoms with Crippen molar-refractivity contribution in [1.82, 2.24) is 9.97 Å². The largest absolute Gasteiger partial charge is 0.341 e. The topological polar surface area (TPSA) is 49.3 Å². The molecule has 0 radical (unpaired) electrons. The van der Waals surface area contributed by atoms with Gasteiger partial charge in [0.15, 0.2) is 0 Å². The molecule has 0 N–H and O–H groups in total. The molecule has 5 nitrogen and oxygen atoms in total. The molecule has 1 aromatic heterocycles. The SMILES string of the molecule is Cc1cnc(N2CCC(C(=O)N3CCCCc4cc(C)ccc43)CC2)nc1. The van der Waals surface area contributed by atoms with Crippen LogP contribution in [0, 0.1) is 19.8 Å². The lowest BCUT2D eigenvalue weighted by Gasteiger charge is -2.34. The molecule has 2 aromatic rings. The van der Waals surface area contributed by atoms with E-state index >= 15 is 0 Å². The van der Waals surface area contributed by atoms with E-state index < -0.39 is 0 Å². The van der Waals surface area contributed by atoms with Gasteiger partial charge in [-0.3, -0.25) is 4.79 Å². The van der Waals surface area contributed by atoms with Gasteiger partial charge in [-0.05, 0) is 63.1 Å². The fourth-order valence-corrected chi connectivity index (χ4v) is 4.21. The number of rotatable bonds is 2. The normalized spacial score (nSPS) is 18.1. The Labute approximate surface area is 161 Å². The number of piperidine rings is 1. The van der Waals surface area contributed by atoms with Gasteiger partial charge in [0, 0.05) is 43.6 Å². The van der Waals surface area contributed by atoms with Crippen LogP contribution in [0.1, 0.15) is 42.4 Å². The predicted molar refractivity (Wildman–Crippen MR) is 108 cm³/mol. The number of anilines is 2. The second-order valence-corrected chi connectivity index (χ2v) is 7.90. The highest BCUT2D eigenvalue weighted by Crippen LogP contribution is 2.31. The molecule has 1 aromatic carbocycles. The van der Waals surface area contributed by atoms with Crippen molar-refractivity contribution >= 4 is 17.5 Å². The number of nitrogens with zero attached hydrogens (tertiary/aromatic N) is 4. The summed E-state index contributed by atoms with van der Waals surface area (Å²) < 4.78 is 0. The van der Waals surface area contributed by atoms with Crippen molar-refractivity contribution in [2.75, 3.05) is 29.4 Å². The molecule has 0 aliphatic carbocycles.